The lowest BCUT2D eigenvalue weighted by Gasteiger charge is -2.16. The van der Waals surface area contributed by atoms with Crippen LogP contribution in [0.1, 0.15) is 18.1 Å². The SMILES string of the molecule is COCCOCCS(=O)(=O)N1CCC(c2ccco2)C1. The Hall–Kier alpha value is -0.890. The summed E-state index contributed by atoms with van der Waals surface area (Å²) in [6.45, 7) is 2.14. The number of rotatable bonds is 8. The lowest BCUT2D eigenvalue weighted by atomic mass is 10.1. The molecule has 0 bridgehead atoms. The van der Waals surface area contributed by atoms with E-state index in [1.807, 2.05) is 12.1 Å². The summed E-state index contributed by atoms with van der Waals surface area (Å²) in [5.41, 5.74) is 0. The third kappa shape index (κ3) is 4.05. The monoisotopic (exact) mass is 303 g/mol. The Bertz CT molecular complexity index is 485. The van der Waals surface area contributed by atoms with E-state index in [4.69, 9.17) is 13.9 Å². The Morgan fingerprint density at radius 1 is 1.40 bits per heavy atom. The average molecular weight is 303 g/mol. The van der Waals surface area contributed by atoms with E-state index in [1.165, 1.54) is 4.31 Å². The van der Waals surface area contributed by atoms with Crippen LogP contribution in [0.25, 0.3) is 0 Å². The van der Waals surface area contributed by atoms with Crippen LogP contribution < -0.4 is 0 Å². The number of hydrogen-bond donors (Lipinski definition) is 0. The molecule has 0 aliphatic carbocycles. The molecule has 0 amide bonds. The highest BCUT2D eigenvalue weighted by atomic mass is 32.2. The molecule has 1 atom stereocenters. The van der Waals surface area contributed by atoms with Crippen molar-refractivity contribution in [2.75, 3.05) is 45.8 Å². The zero-order valence-corrected chi connectivity index (χ0v) is 12.5. The van der Waals surface area contributed by atoms with E-state index < -0.39 is 10.0 Å². The fourth-order valence-electron chi connectivity index (χ4n) is 2.27. The lowest BCUT2D eigenvalue weighted by Crippen LogP contribution is -2.32. The summed E-state index contributed by atoms with van der Waals surface area (Å²) >= 11 is 0. The first-order chi connectivity index (χ1) is 9.63. The van der Waals surface area contributed by atoms with Crippen molar-refractivity contribution in [2.24, 2.45) is 0 Å². The number of hydrogen-bond acceptors (Lipinski definition) is 5. The zero-order chi connectivity index (χ0) is 14.4. The van der Waals surface area contributed by atoms with Gasteiger partial charge in [0, 0.05) is 26.1 Å². The molecule has 0 N–H and O–H groups in total. The molecule has 2 heterocycles. The van der Waals surface area contributed by atoms with E-state index in [-0.39, 0.29) is 18.3 Å². The molecule has 1 aliphatic rings. The third-order valence-corrected chi connectivity index (χ3v) is 5.21. The highest BCUT2D eigenvalue weighted by molar-refractivity contribution is 7.89. The van der Waals surface area contributed by atoms with E-state index in [2.05, 4.69) is 0 Å². The summed E-state index contributed by atoms with van der Waals surface area (Å²) in [7, 11) is -1.66. The van der Waals surface area contributed by atoms with Gasteiger partial charge in [-0.3, -0.25) is 0 Å². The Kier molecular flexibility index (Phi) is 5.59. The smallest absolute Gasteiger partial charge is 0.216 e. The molecule has 1 aromatic heterocycles. The standard InChI is InChI=1S/C13H21NO5S/c1-17-7-8-18-9-10-20(15,16)14-5-4-12(11-14)13-3-2-6-19-13/h2-3,6,12H,4-5,7-11H2,1H3. The van der Waals surface area contributed by atoms with Crippen LogP contribution in [0, 0.1) is 0 Å². The normalized spacial score (nSPS) is 20.6. The van der Waals surface area contributed by atoms with Crippen molar-refractivity contribution in [1.82, 2.24) is 4.31 Å². The van der Waals surface area contributed by atoms with Gasteiger partial charge in [-0.25, -0.2) is 12.7 Å². The van der Waals surface area contributed by atoms with Crippen molar-refractivity contribution in [1.29, 1.82) is 0 Å². The summed E-state index contributed by atoms with van der Waals surface area (Å²) in [6, 6.07) is 3.73. The molecule has 1 aliphatic heterocycles. The predicted octanol–water partition coefficient (Wildman–Crippen LogP) is 1.06. The molecule has 1 aromatic rings. The minimum atomic E-state index is -3.25. The molecule has 20 heavy (non-hydrogen) atoms. The molecule has 0 radical (unpaired) electrons. The second-order valence-corrected chi connectivity index (χ2v) is 6.87. The van der Waals surface area contributed by atoms with Crippen molar-refractivity contribution in [2.45, 2.75) is 12.3 Å². The highest BCUT2D eigenvalue weighted by Gasteiger charge is 2.32. The van der Waals surface area contributed by atoms with Crippen LogP contribution in [0.4, 0.5) is 0 Å². The summed E-state index contributed by atoms with van der Waals surface area (Å²) in [6.07, 6.45) is 2.42. The quantitative estimate of drug-likeness (QED) is 0.672. The van der Waals surface area contributed by atoms with Crippen molar-refractivity contribution in [3.05, 3.63) is 24.2 Å². The molecule has 0 spiro atoms. The Balaban J connectivity index is 1.79. The number of nitrogens with zero attached hydrogens (tertiary/aromatic N) is 1. The minimum Gasteiger partial charge on any atom is -0.469 e. The number of methoxy groups -OCH3 is 1. The predicted molar refractivity (Wildman–Crippen MR) is 74.1 cm³/mol. The molecule has 0 saturated carbocycles. The van der Waals surface area contributed by atoms with Crippen LogP contribution in [-0.2, 0) is 19.5 Å². The molecule has 0 aromatic carbocycles. The van der Waals surface area contributed by atoms with E-state index in [9.17, 15) is 8.42 Å². The fraction of sp³-hybridized carbons (Fsp3) is 0.692. The van der Waals surface area contributed by atoms with E-state index >= 15 is 0 Å². The topological polar surface area (TPSA) is 69.0 Å². The number of sulfonamides is 1. The van der Waals surface area contributed by atoms with Gasteiger partial charge in [0.2, 0.25) is 10.0 Å². The summed E-state index contributed by atoms with van der Waals surface area (Å²) < 4.78 is 41.3. The van der Waals surface area contributed by atoms with Crippen molar-refractivity contribution in [3.8, 4) is 0 Å². The first-order valence-electron chi connectivity index (χ1n) is 6.71. The van der Waals surface area contributed by atoms with Gasteiger partial charge in [-0.05, 0) is 18.6 Å². The van der Waals surface area contributed by atoms with Gasteiger partial charge >= 0.3 is 0 Å². The molecule has 1 saturated heterocycles. The van der Waals surface area contributed by atoms with Gasteiger partial charge in [-0.2, -0.15) is 0 Å². The van der Waals surface area contributed by atoms with Crippen LogP contribution in [0.15, 0.2) is 22.8 Å². The third-order valence-electron chi connectivity index (χ3n) is 3.41. The Labute approximate surface area is 119 Å². The second-order valence-electron chi connectivity index (χ2n) is 4.78. The molecule has 7 heteroatoms. The van der Waals surface area contributed by atoms with Gasteiger partial charge in [0.25, 0.3) is 0 Å². The van der Waals surface area contributed by atoms with Gasteiger partial charge in [0.15, 0.2) is 0 Å². The zero-order valence-electron chi connectivity index (χ0n) is 11.7. The van der Waals surface area contributed by atoms with Gasteiger partial charge < -0.3 is 13.9 Å². The molecule has 6 nitrogen and oxygen atoms in total. The Morgan fingerprint density at radius 3 is 2.95 bits per heavy atom. The maximum atomic E-state index is 12.2. The second kappa shape index (κ2) is 7.21. The van der Waals surface area contributed by atoms with Crippen LogP contribution in [0.3, 0.4) is 0 Å². The Morgan fingerprint density at radius 2 is 2.25 bits per heavy atom. The maximum Gasteiger partial charge on any atom is 0.216 e. The molecule has 2 rings (SSSR count). The molecule has 1 fully saturated rings. The first kappa shape index (κ1) is 15.5. The maximum absolute atomic E-state index is 12.2. The van der Waals surface area contributed by atoms with Gasteiger partial charge in [-0.15, -0.1) is 0 Å². The van der Waals surface area contributed by atoms with Crippen LogP contribution >= 0.6 is 0 Å². The fourth-order valence-corrected chi connectivity index (χ4v) is 3.65. The lowest BCUT2D eigenvalue weighted by molar-refractivity contribution is 0.0782. The van der Waals surface area contributed by atoms with Crippen molar-refractivity contribution in [3.63, 3.8) is 0 Å². The highest BCUT2D eigenvalue weighted by Crippen LogP contribution is 2.29. The number of furan rings is 1. The summed E-state index contributed by atoms with van der Waals surface area (Å²) in [5.74, 6) is 1.04. The van der Waals surface area contributed by atoms with E-state index in [1.54, 1.807) is 13.4 Å². The van der Waals surface area contributed by atoms with Gasteiger partial charge in [0.05, 0.1) is 31.8 Å². The largest absolute Gasteiger partial charge is 0.469 e. The van der Waals surface area contributed by atoms with Crippen molar-refractivity contribution < 1.29 is 22.3 Å². The van der Waals surface area contributed by atoms with Crippen molar-refractivity contribution >= 4 is 10.0 Å². The average Bonchev–Trinajstić information content (AvgIpc) is 3.09. The van der Waals surface area contributed by atoms with Crippen LogP contribution in [0.2, 0.25) is 0 Å². The molecule has 1 unspecified atom stereocenters. The van der Waals surface area contributed by atoms with Gasteiger partial charge in [-0.1, -0.05) is 0 Å². The van der Waals surface area contributed by atoms with Crippen LogP contribution in [-0.4, -0.2) is 58.5 Å². The van der Waals surface area contributed by atoms with E-state index in [0.29, 0.717) is 26.3 Å². The molecular weight excluding hydrogens is 282 g/mol. The minimum absolute atomic E-state index is 0.0155. The molecular formula is C13H21NO5S. The number of ether oxygens (including phenoxy) is 2. The van der Waals surface area contributed by atoms with Crippen LogP contribution in [0.5, 0.6) is 0 Å². The molecule has 114 valence electrons. The van der Waals surface area contributed by atoms with E-state index in [0.717, 1.165) is 12.2 Å². The van der Waals surface area contributed by atoms with Gasteiger partial charge in [0.1, 0.15) is 5.76 Å². The first-order valence-corrected chi connectivity index (χ1v) is 8.32. The summed E-state index contributed by atoms with van der Waals surface area (Å²) in [4.78, 5) is 0. The summed E-state index contributed by atoms with van der Waals surface area (Å²) in [5, 5.41) is 0.